The number of hydrogen-bond acceptors (Lipinski definition) is 5. The van der Waals surface area contributed by atoms with Crippen molar-refractivity contribution in [2.75, 3.05) is 59.1 Å². The highest BCUT2D eigenvalue weighted by atomic mass is 16.5. The van der Waals surface area contributed by atoms with Crippen molar-refractivity contribution in [3.05, 3.63) is 59.7 Å². The summed E-state index contributed by atoms with van der Waals surface area (Å²) in [4.78, 5) is 19.9. The van der Waals surface area contributed by atoms with E-state index in [1.165, 1.54) is 22.3 Å². The summed E-state index contributed by atoms with van der Waals surface area (Å²) >= 11 is 0. The maximum Gasteiger partial charge on any atom is 0.236 e. The van der Waals surface area contributed by atoms with Gasteiger partial charge in [-0.2, -0.15) is 0 Å². The molecule has 6 heteroatoms. The number of hydrogen-bond donors (Lipinski definition) is 1. The third kappa shape index (κ3) is 4.78. The van der Waals surface area contributed by atoms with Crippen LogP contribution in [0.3, 0.4) is 0 Å². The summed E-state index contributed by atoms with van der Waals surface area (Å²) < 4.78 is 5.44. The van der Waals surface area contributed by atoms with Gasteiger partial charge in [-0.1, -0.05) is 48.5 Å². The van der Waals surface area contributed by atoms with Gasteiger partial charge in [-0.25, -0.2) is 0 Å². The van der Waals surface area contributed by atoms with Crippen LogP contribution in [0.5, 0.6) is 0 Å². The van der Waals surface area contributed by atoms with Gasteiger partial charge in [-0.05, 0) is 48.6 Å². The largest absolute Gasteiger partial charge is 0.395 e. The molecule has 1 amide bonds. The van der Waals surface area contributed by atoms with Crippen LogP contribution in [0.2, 0.25) is 0 Å². The van der Waals surface area contributed by atoms with Gasteiger partial charge >= 0.3 is 0 Å². The third-order valence-corrected chi connectivity index (χ3v) is 7.94. The fraction of sp³-hybridized carbons (Fsp3) is 0.536. The summed E-state index contributed by atoms with van der Waals surface area (Å²) in [5.41, 5.74) is 5.01. The smallest absolute Gasteiger partial charge is 0.236 e. The molecular formula is C28H37N3O3. The normalized spacial score (nSPS) is 26.3. The van der Waals surface area contributed by atoms with Crippen LogP contribution in [-0.2, 0) is 9.53 Å². The Morgan fingerprint density at radius 2 is 1.74 bits per heavy atom. The molecule has 3 heterocycles. The van der Waals surface area contributed by atoms with Crippen molar-refractivity contribution in [1.29, 1.82) is 0 Å². The van der Waals surface area contributed by atoms with Gasteiger partial charge in [0, 0.05) is 44.2 Å². The van der Waals surface area contributed by atoms with Crippen LogP contribution in [0.4, 0.5) is 0 Å². The summed E-state index contributed by atoms with van der Waals surface area (Å²) in [5.74, 6) is 0.470. The first-order valence-corrected chi connectivity index (χ1v) is 12.8. The van der Waals surface area contributed by atoms with Gasteiger partial charge in [0.15, 0.2) is 0 Å². The molecule has 0 aromatic heterocycles. The quantitative estimate of drug-likeness (QED) is 0.739. The van der Waals surface area contributed by atoms with Crippen molar-refractivity contribution in [3.63, 3.8) is 0 Å². The van der Waals surface area contributed by atoms with Crippen LogP contribution in [-0.4, -0.2) is 96.9 Å². The van der Waals surface area contributed by atoms with Crippen molar-refractivity contribution in [2.24, 2.45) is 0 Å². The van der Waals surface area contributed by atoms with Crippen molar-refractivity contribution in [2.45, 2.75) is 37.8 Å². The Labute approximate surface area is 203 Å². The van der Waals surface area contributed by atoms with Crippen LogP contribution in [0.25, 0.3) is 11.1 Å². The summed E-state index contributed by atoms with van der Waals surface area (Å²) in [5, 5.41) is 10.2. The maximum absolute atomic E-state index is 13.2. The molecule has 182 valence electrons. The van der Waals surface area contributed by atoms with Crippen molar-refractivity contribution < 1.29 is 14.6 Å². The van der Waals surface area contributed by atoms with Crippen LogP contribution in [0, 0.1) is 6.92 Å². The van der Waals surface area contributed by atoms with Gasteiger partial charge in [0.1, 0.15) is 0 Å². The SMILES string of the molecule is Cc1ccccc1-c1ccc([C@H]2[C@@H](CO)N3CCCCN(C(=O)CN4CCOCC4)C[C@@H]23)cc1. The lowest BCUT2D eigenvalue weighted by Gasteiger charge is -2.57. The zero-order valence-electron chi connectivity index (χ0n) is 20.2. The zero-order chi connectivity index (χ0) is 23.5. The van der Waals surface area contributed by atoms with Crippen molar-refractivity contribution >= 4 is 5.91 Å². The fourth-order valence-electron chi connectivity index (χ4n) is 6.00. The number of aryl methyl sites for hydroxylation is 1. The average molecular weight is 464 g/mol. The molecule has 0 bridgehead atoms. The lowest BCUT2D eigenvalue weighted by molar-refractivity contribution is -0.138. The standard InChI is InChI=1S/C28H37N3O3/c1-21-6-2-3-7-24(21)22-8-10-23(11-9-22)28-25-18-30(12-4-5-13-31(25)26(28)20-32)27(33)19-29-14-16-34-17-15-29/h2-3,6-11,25-26,28,32H,4-5,12-20H2,1H3/t25-,26+,28+/m0/s1. The Balaban J connectivity index is 1.33. The number of aliphatic hydroxyl groups is 1. The van der Waals surface area contributed by atoms with E-state index in [1.54, 1.807) is 0 Å². The van der Waals surface area contributed by atoms with E-state index in [9.17, 15) is 9.90 Å². The van der Waals surface area contributed by atoms with E-state index in [-0.39, 0.29) is 30.5 Å². The minimum Gasteiger partial charge on any atom is -0.395 e. The molecule has 0 radical (unpaired) electrons. The van der Waals surface area contributed by atoms with E-state index in [2.05, 4.69) is 70.2 Å². The number of rotatable bonds is 5. The molecule has 5 rings (SSSR count). The molecule has 0 aliphatic carbocycles. The second kappa shape index (κ2) is 10.6. The Bertz CT molecular complexity index is 973. The van der Waals surface area contributed by atoms with Gasteiger partial charge in [0.2, 0.25) is 5.91 Å². The highest BCUT2D eigenvalue weighted by Gasteiger charge is 2.49. The highest BCUT2D eigenvalue weighted by molar-refractivity contribution is 5.78. The molecule has 6 nitrogen and oxygen atoms in total. The number of amides is 1. The third-order valence-electron chi connectivity index (χ3n) is 7.94. The van der Waals surface area contributed by atoms with Gasteiger partial charge in [0.25, 0.3) is 0 Å². The first-order chi connectivity index (χ1) is 16.7. The van der Waals surface area contributed by atoms with Gasteiger partial charge < -0.3 is 14.7 Å². The van der Waals surface area contributed by atoms with Gasteiger partial charge in [-0.3, -0.25) is 14.6 Å². The van der Waals surface area contributed by atoms with Gasteiger partial charge in [-0.15, -0.1) is 0 Å². The number of benzene rings is 2. The number of carbonyl (C=O) groups excluding carboxylic acids is 1. The summed E-state index contributed by atoms with van der Waals surface area (Å²) in [6, 6.07) is 17.7. The molecule has 3 aliphatic heterocycles. The first-order valence-electron chi connectivity index (χ1n) is 12.8. The average Bonchev–Trinajstić information content (AvgIpc) is 2.84. The van der Waals surface area contributed by atoms with E-state index in [0.717, 1.165) is 45.6 Å². The number of fused-ring (bicyclic) bond motifs is 1. The molecule has 1 N–H and O–H groups in total. The molecule has 3 fully saturated rings. The van der Waals surface area contributed by atoms with E-state index < -0.39 is 0 Å². The Morgan fingerprint density at radius 3 is 2.47 bits per heavy atom. The minimum atomic E-state index is 0.128. The Hall–Kier alpha value is -2.25. The summed E-state index contributed by atoms with van der Waals surface area (Å²) in [6.07, 6.45) is 2.08. The molecule has 2 aromatic rings. The summed E-state index contributed by atoms with van der Waals surface area (Å²) in [7, 11) is 0. The molecule has 2 aromatic carbocycles. The number of nitrogens with zero attached hydrogens (tertiary/aromatic N) is 3. The second-order valence-electron chi connectivity index (χ2n) is 9.95. The van der Waals surface area contributed by atoms with Crippen LogP contribution < -0.4 is 0 Å². The van der Waals surface area contributed by atoms with E-state index in [4.69, 9.17) is 4.74 Å². The zero-order valence-corrected chi connectivity index (χ0v) is 20.2. The molecule has 0 unspecified atom stereocenters. The van der Waals surface area contributed by atoms with Crippen molar-refractivity contribution in [1.82, 2.24) is 14.7 Å². The van der Waals surface area contributed by atoms with Crippen LogP contribution in [0.15, 0.2) is 48.5 Å². The molecule has 3 atom stereocenters. The Morgan fingerprint density at radius 1 is 1.00 bits per heavy atom. The first kappa shape index (κ1) is 23.5. The topological polar surface area (TPSA) is 56.2 Å². The van der Waals surface area contributed by atoms with E-state index in [1.807, 2.05) is 0 Å². The van der Waals surface area contributed by atoms with Crippen molar-refractivity contribution in [3.8, 4) is 11.1 Å². The van der Waals surface area contributed by atoms with E-state index in [0.29, 0.717) is 19.8 Å². The summed E-state index contributed by atoms with van der Waals surface area (Å²) in [6.45, 7) is 8.43. The number of carbonyl (C=O) groups is 1. The molecule has 0 spiro atoms. The predicted molar refractivity (Wildman–Crippen MR) is 134 cm³/mol. The van der Waals surface area contributed by atoms with Crippen LogP contribution in [0.1, 0.15) is 29.9 Å². The van der Waals surface area contributed by atoms with Gasteiger partial charge in [0.05, 0.1) is 26.4 Å². The number of aliphatic hydroxyl groups excluding tert-OH is 1. The molecular weight excluding hydrogens is 426 g/mol. The monoisotopic (exact) mass is 463 g/mol. The molecule has 0 saturated carbocycles. The Kier molecular flexibility index (Phi) is 7.30. The highest BCUT2D eigenvalue weighted by Crippen LogP contribution is 2.42. The van der Waals surface area contributed by atoms with Crippen LogP contribution >= 0.6 is 0 Å². The molecule has 34 heavy (non-hydrogen) atoms. The van der Waals surface area contributed by atoms with E-state index >= 15 is 0 Å². The maximum atomic E-state index is 13.2. The lowest BCUT2D eigenvalue weighted by atomic mass is 9.74. The second-order valence-corrected chi connectivity index (χ2v) is 9.95. The lowest BCUT2D eigenvalue weighted by Crippen LogP contribution is -2.68. The minimum absolute atomic E-state index is 0.128. The predicted octanol–water partition coefficient (Wildman–Crippen LogP) is 2.75. The number of morpholine rings is 1. The fourth-order valence-corrected chi connectivity index (χ4v) is 6.00. The molecule has 3 saturated heterocycles. The number of ether oxygens (including phenoxy) is 1. The molecule has 3 aliphatic rings.